The lowest BCUT2D eigenvalue weighted by molar-refractivity contribution is -0.0732. The van der Waals surface area contributed by atoms with E-state index in [1.807, 2.05) is 48.5 Å². The minimum absolute atomic E-state index is 0.0236. The van der Waals surface area contributed by atoms with E-state index in [1.165, 1.54) is 17.0 Å². The predicted octanol–water partition coefficient (Wildman–Crippen LogP) is 7.93. The van der Waals surface area contributed by atoms with Crippen molar-refractivity contribution in [3.05, 3.63) is 124 Å². The van der Waals surface area contributed by atoms with Crippen LogP contribution >= 0.6 is 11.3 Å². The number of aliphatic hydroxyl groups is 2. The second-order valence-electron chi connectivity index (χ2n) is 14.5. The first-order valence-electron chi connectivity index (χ1n) is 17.9. The van der Waals surface area contributed by atoms with Crippen molar-refractivity contribution in [1.82, 2.24) is 4.31 Å². The molecule has 4 aromatic rings. The molecule has 7 rings (SSSR count). The van der Waals surface area contributed by atoms with E-state index in [0.717, 1.165) is 28.9 Å². The van der Waals surface area contributed by atoms with E-state index in [1.54, 1.807) is 42.8 Å². The smallest absolute Gasteiger partial charge is 0.252 e. The fourth-order valence-electron chi connectivity index (χ4n) is 8.17. The molecule has 0 spiro atoms. The summed E-state index contributed by atoms with van der Waals surface area (Å²) in [6, 6.07) is 23.7. The normalized spacial score (nSPS) is 23.9. The molecule has 0 amide bonds. The molecule has 0 radical (unpaired) electrons. The quantitative estimate of drug-likeness (QED) is 0.125. The van der Waals surface area contributed by atoms with Gasteiger partial charge >= 0.3 is 0 Å². The van der Waals surface area contributed by atoms with Crippen LogP contribution in [0.4, 0.5) is 0 Å². The van der Waals surface area contributed by atoms with Gasteiger partial charge in [0.2, 0.25) is 0 Å². The molecule has 0 aliphatic heterocycles. The van der Waals surface area contributed by atoms with Gasteiger partial charge in [-0.15, -0.1) is 11.3 Å². The number of thiophene rings is 1. The number of hydrogen-bond acceptors (Lipinski definition) is 8. The zero-order valence-electron chi connectivity index (χ0n) is 30.4. The second kappa shape index (κ2) is 15.7. The van der Waals surface area contributed by atoms with Gasteiger partial charge in [-0.1, -0.05) is 73.2 Å². The van der Waals surface area contributed by atoms with Crippen LogP contribution in [0.15, 0.2) is 100 Å². The maximum absolute atomic E-state index is 14.4. The Balaban J connectivity index is 1.47. The minimum atomic E-state index is -4.04. The molecule has 3 aromatic carbocycles. The highest BCUT2D eigenvalue weighted by Crippen LogP contribution is 2.59. The van der Waals surface area contributed by atoms with E-state index in [-0.39, 0.29) is 29.0 Å². The Hall–Kier alpha value is -3.80. The lowest BCUT2D eigenvalue weighted by Gasteiger charge is -2.46. The molecule has 10 heteroatoms. The van der Waals surface area contributed by atoms with Crippen molar-refractivity contribution in [2.75, 3.05) is 20.8 Å². The van der Waals surface area contributed by atoms with Gasteiger partial charge in [0.15, 0.2) is 5.78 Å². The van der Waals surface area contributed by atoms with E-state index in [0.29, 0.717) is 66.7 Å². The minimum Gasteiger partial charge on any atom is -0.497 e. The predicted molar refractivity (Wildman–Crippen MR) is 205 cm³/mol. The SMILES string of the molecule is COc1ccc(CN(C[C@]2(O)CC[C@H]3c4ccc(cc4C(=O)c4ccccc4)C[C@@H](O)CCC(C)=CCC[C@@]32C)S(=O)(=O)c2cccs2)c(OC)c1. The summed E-state index contributed by atoms with van der Waals surface area (Å²) in [5, 5.41) is 25.8. The third-order valence-electron chi connectivity index (χ3n) is 11.3. The standard InChI is InChI=1S/C42H49NO7S2/c1-29-10-8-21-41(2)37(35-19-15-30(24-33(44)17-14-29)25-36(35)40(45)31-11-6-5-7-12-31)20-22-42(41,46)28-43(52(47,48)39-13-9-23-51-39)27-32-16-18-34(49-3)26-38(32)50-4/h5-7,9-13,15-16,18-19,23,25-26,33,37,44,46H,8,14,17,20-22,24,27-28H2,1-4H3/t33-,37-,41-,42+/m0/s1. The number of methoxy groups -OCH3 is 2. The molecule has 0 saturated heterocycles. The van der Waals surface area contributed by atoms with Crippen molar-refractivity contribution in [1.29, 1.82) is 0 Å². The van der Waals surface area contributed by atoms with Crippen molar-refractivity contribution < 1.29 is 32.9 Å². The molecule has 1 fully saturated rings. The van der Waals surface area contributed by atoms with Crippen LogP contribution in [0.2, 0.25) is 0 Å². The molecule has 52 heavy (non-hydrogen) atoms. The van der Waals surface area contributed by atoms with Crippen molar-refractivity contribution >= 4 is 27.1 Å². The third-order valence-corrected chi connectivity index (χ3v) is 14.5. The third kappa shape index (κ3) is 7.63. The van der Waals surface area contributed by atoms with Crippen molar-refractivity contribution in [3.63, 3.8) is 0 Å². The summed E-state index contributed by atoms with van der Waals surface area (Å²) in [7, 11) is -0.939. The van der Waals surface area contributed by atoms with Crippen molar-refractivity contribution in [3.8, 4) is 11.5 Å². The van der Waals surface area contributed by atoms with Crippen molar-refractivity contribution in [2.45, 2.75) is 87.2 Å². The van der Waals surface area contributed by atoms with Crippen LogP contribution in [0.25, 0.3) is 0 Å². The molecule has 1 aromatic heterocycles. The van der Waals surface area contributed by atoms with Crippen LogP contribution in [0, 0.1) is 5.41 Å². The average molecular weight is 744 g/mol. The fraction of sp³-hybridized carbons (Fsp3) is 0.405. The largest absolute Gasteiger partial charge is 0.497 e. The Bertz CT molecular complexity index is 2010. The molecule has 2 bridgehead atoms. The number of rotatable bonds is 10. The molecular weight excluding hydrogens is 695 g/mol. The topological polar surface area (TPSA) is 113 Å². The summed E-state index contributed by atoms with van der Waals surface area (Å²) in [5.41, 5.74) is 2.38. The number of nitrogens with zero attached hydrogens (tertiary/aromatic N) is 1. The first-order chi connectivity index (χ1) is 24.9. The van der Waals surface area contributed by atoms with Gasteiger partial charge in [0.05, 0.1) is 25.9 Å². The van der Waals surface area contributed by atoms with Gasteiger partial charge in [-0.05, 0) is 92.5 Å². The molecule has 2 N–H and O–H groups in total. The van der Waals surface area contributed by atoms with Gasteiger partial charge in [0.25, 0.3) is 10.0 Å². The first-order valence-corrected chi connectivity index (χ1v) is 20.2. The van der Waals surface area contributed by atoms with E-state index < -0.39 is 27.1 Å². The lowest BCUT2D eigenvalue weighted by Crippen LogP contribution is -2.53. The lowest BCUT2D eigenvalue weighted by atomic mass is 9.64. The molecule has 3 aliphatic rings. The van der Waals surface area contributed by atoms with Crippen LogP contribution < -0.4 is 9.47 Å². The Morgan fingerprint density at radius 3 is 2.48 bits per heavy atom. The molecule has 4 atom stereocenters. The van der Waals surface area contributed by atoms with E-state index in [9.17, 15) is 23.4 Å². The Morgan fingerprint density at radius 1 is 0.981 bits per heavy atom. The number of ether oxygens (including phenoxy) is 2. The van der Waals surface area contributed by atoms with Crippen LogP contribution in [-0.4, -0.2) is 61.2 Å². The number of hydrogen-bond donors (Lipinski definition) is 2. The number of carbonyl (C=O) groups excluding carboxylic acids is 1. The second-order valence-corrected chi connectivity index (χ2v) is 17.6. The number of fused-ring (bicyclic) bond motifs is 8. The fourth-order valence-corrected chi connectivity index (χ4v) is 10.8. The van der Waals surface area contributed by atoms with Crippen molar-refractivity contribution in [2.24, 2.45) is 5.41 Å². The highest BCUT2D eigenvalue weighted by molar-refractivity contribution is 7.91. The van der Waals surface area contributed by atoms with Crippen LogP contribution in [0.1, 0.15) is 90.9 Å². The summed E-state index contributed by atoms with van der Waals surface area (Å²) in [4.78, 5) is 14.3. The van der Waals surface area contributed by atoms with Crippen LogP contribution in [-0.2, 0) is 23.0 Å². The molecule has 1 saturated carbocycles. The van der Waals surface area contributed by atoms with E-state index in [2.05, 4.69) is 19.9 Å². The Labute approximate surface area is 311 Å². The van der Waals surface area contributed by atoms with Gasteiger partial charge in [-0.3, -0.25) is 4.79 Å². The maximum atomic E-state index is 14.4. The summed E-state index contributed by atoms with van der Waals surface area (Å²) in [6.45, 7) is 3.97. The average Bonchev–Trinajstić information content (AvgIpc) is 3.78. The zero-order chi connectivity index (χ0) is 37.1. The summed E-state index contributed by atoms with van der Waals surface area (Å²) >= 11 is 1.15. The molecule has 3 aliphatic carbocycles. The summed E-state index contributed by atoms with van der Waals surface area (Å²) in [6.07, 6.45) is 5.51. The van der Waals surface area contributed by atoms with Crippen LogP contribution in [0.3, 0.4) is 0 Å². The number of ketones is 1. The molecule has 0 unspecified atom stereocenters. The highest BCUT2D eigenvalue weighted by atomic mass is 32.2. The molecule has 1 heterocycles. The van der Waals surface area contributed by atoms with Gasteiger partial charge in [-0.2, -0.15) is 4.31 Å². The van der Waals surface area contributed by atoms with Gasteiger partial charge in [0.1, 0.15) is 15.7 Å². The first kappa shape index (κ1) is 37.9. The number of sulfonamides is 1. The number of carbonyl (C=O) groups is 1. The van der Waals surface area contributed by atoms with Gasteiger partial charge in [-0.25, -0.2) is 8.42 Å². The molecule has 276 valence electrons. The van der Waals surface area contributed by atoms with E-state index >= 15 is 0 Å². The zero-order valence-corrected chi connectivity index (χ0v) is 32.0. The number of allylic oxidation sites excluding steroid dienone is 2. The Morgan fingerprint density at radius 2 is 1.77 bits per heavy atom. The maximum Gasteiger partial charge on any atom is 0.252 e. The highest BCUT2D eigenvalue weighted by Gasteiger charge is 2.58. The number of benzene rings is 3. The number of aliphatic hydroxyl groups excluding tert-OH is 1. The summed E-state index contributed by atoms with van der Waals surface area (Å²) in [5.74, 6) is 0.710. The molecular formula is C42H49NO7S2. The molecule has 8 nitrogen and oxygen atoms in total. The van der Waals surface area contributed by atoms with Gasteiger partial charge in [0, 0.05) is 41.3 Å². The van der Waals surface area contributed by atoms with E-state index in [4.69, 9.17) is 9.47 Å². The Kier molecular flexibility index (Phi) is 11.4. The van der Waals surface area contributed by atoms with Crippen LogP contribution in [0.5, 0.6) is 11.5 Å². The monoisotopic (exact) mass is 743 g/mol. The summed E-state index contributed by atoms with van der Waals surface area (Å²) < 4.78 is 41.5. The van der Waals surface area contributed by atoms with Gasteiger partial charge < -0.3 is 19.7 Å².